The van der Waals surface area contributed by atoms with Gasteiger partial charge in [0.1, 0.15) is 5.75 Å². The molecular formula is C26H22F3NO5. The number of likely N-dealkylation sites (N-methyl/N-ethyl adjacent to an activating group) is 1. The maximum Gasteiger partial charge on any atom is 0.422 e. The number of rotatable bonds is 5. The number of ether oxygens (including phenoxy) is 1. The number of benzene rings is 3. The highest BCUT2D eigenvalue weighted by molar-refractivity contribution is 5.97. The molecule has 0 aliphatic carbocycles. The summed E-state index contributed by atoms with van der Waals surface area (Å²) in [6, 6.07) is 16.0. The monoisotopic (exact) mass is 485 g/mol. The van der Waals surface area contributed by atoms with Crippen molar-refractivity contribution in [1.82, 2.24) is 0 Å². The number of carboxylic acids is 1. The van der Waals surface area contributed by atoms with E-state index in [9.17, 15) is 33.0 Å². The Balaban J connectivity index is 1.97. The van der Waals surface area contributed by atoms with Crippen LogP contribution in [0, 0.1) is 0 Å². The predicted molar refractivity (Wildman–Crippen MR) is 123 cm³/mol. The van der Waals surface area contributed by atoms with Crippen molar-refractivity contribution in [2.75, 3.05) is 18.6 Å². The fourth-order valence-corrected chi connectivity index (χ4v) is 4.46. The normalized spacial score (nSPS) is 16.2. The minimum Gasteiger partial charge on any atom is -0.482 e. The van der Waals surface area contributed by atoms with Gasteiger partial charge in [-0.3, -0.25) is 4.79 Å². The van der Waals surface area contributed by atoms with Crippen molar-refractivity contribution < 1.29 is 37.7 Å². The second kappa shape index (κ2) is 8.74. The van der Waals surface area contributed by atoms with Gasteiger partial charge in [0.2, 0.25) is 0 Å². The van der Waals surface area contributed by atoms with Gasteiger partial charge >= 0.3 is 12.1 Å². The lowest BCUT2D eigenvalue weighted by Gasteiger charge is -2.39. The number of carboxylic acid groups (broad SMARTS) is 1. The molecule has 2 unspecified atom stereocenters. The molecule has 9 heteroatoms. The van der Waals surface area contributed by atoms with Crippen molar-refractivity contribution in [3.8, 4) is 16.9 Å². The largest absolute Gasteiger partial charge is 0.482 e. The number of carbonyl (C=O) groups excluding carboxylic acids is 1. The zero-order chi connectivity index (χ0) is 25.5. The lowest BCUT2D eigenvalue weighted by molar-refractivity contribution is -0.274. The van der Waals surface area contributed by atoms with Crippen LogP contribution < -0.4 is 9.64 Å². The topological polar surface area (TPSA) is 87.1 Å². The summed E-state index contributed by atoms with van der Waals surface area (Å²) in [5.74, 6) is -3.42. The number of anilines is 1. The van der Waals surface area contributed by atoms with Crippen molar-refractivity contribution in [3.05, 3.63) is 83.4 Å². The van der Waals surface area contributed by atoms with Gasteiger partial charge < -0.3 is 19.8 Å². The van der Waals surface area contributed by atoms with E-state index >= 15 is 0 Å². The van der Waals surface area contributed by atoms with Crippen LogP contribution in [0.2, 0.25) is 0 Å². The number of hydrogen-bond donors (Lipinski definition) is 2. The van der Waals surface area contributed by atoms with Gasteiger partial charge in [-0.25, -0.2) is 4.79 Å². The third-order valence-corrected chi connectivity index (χ3v) is 6.40. The van der Waals surface area contributed by atoms with Crippen LogP contribution in [0.15, 0.2) is 66.7 Å². The van der Waals surface area contributed by atoms with E-state index in [0.717, 1.165) is 24.0 Å². The zero-order valence-corrected chi connectivity index (χ0v) is 18.8. The molecule has 0 saturated carbocycles. The molecule has 3 aromatic rings. The zero-order valence-electron chi connectivity index (χ0n) is 18.8. The smallest absolute Gasteiger partial charge is 0.422 e. The minimum atomic E-state index is -5.20. The van der Waals surface area contributed by atoms with Crippen LogP contribution in [0.3, 0.4) is 0 Å². The molecule has 0 radical (unpaired) electrons. The molecule has 6 nitrogen and oxygen atoms in total. The van der Waals surface area contributed by atoms with Gasteiger partial charge in [0, 0.05) is 13.0 Å². The summed E-state index contributed by atoms with van der Waals surface area (Å²) in [5.41, 5.74) is -3.71. The summed E-state index contributed by atoms with van der Waals surface area (Å²) in [6.07, 6.45) is -5.20. The molecule has 0 spiro atoms. The van der Waals surface area contributed by atoms with Crippen molar-refractivity contribution >= 4 is 17.6 Å². The molecule has 3 aromatic carbocycles. The highest BCUT2D eigenvalue weighted by Crippen LogP contribution is 2.52. The third kappa shape index (κ3) is 4.01. The first-order valence-corrected chi connectivity index (χ1v) is 10.7. The summed E-state index contributed by atoms with van der Waals surface area (Å²) < 4.78 is 49.4. The van der Waals surface area contributed by atoms with Crippen LogP contribution >= 0.6 is 0 Å². The van der Waals surface area contributed by atoms with Gasteiger partial charge in [0.25, 0.3) is 5.91 Å². The molecule has 0 aromatic heterocycles. The average molecular weight is 485 g/mol. The van der Waals surface area contributed by atoms with Crippen LogP contribution in [0.5, 0.6) is 5.75 Å². The molecule has 1 aliphatic heterocycles. The number of aromatic carboxylic acids is 1. The van der Waals surface area contributed by atoms with Gasteiger partial charge in [0.15, 0.2) is 12.2 Å². The Bertz CT molecular complexity index is 1290. The van der Waals surface area contributed by atoms with E-state index in [1.165, 1.54) is 31.3 Å². The fourth-order valence-electron chi connectivity index (χ4n) is 4.46. The molecule has 1 aliphatic rings. The summed E-state index contributed by atoms with van der Waals surface area (Å²) in [4.78, 5) is 25.3. The Labute approximate surface area is 199 Å². The Kier molecular flexibility index (Phi) is 6.06. The first kappa shape index (κ1) is 24.3. The Hall–Kier alpha value is -3.85. The number of carbonyl (C=O) groups is 2. The number of nitrogens with zero attached hydrogens (tertiary/aromatic N) is 1. The van der Waals surface area contributed by atoms with E-state index in [2.05, 4.69) is 0 Å². The summed E-state index contributed by atoms with van der Waals surface area (Å²) in [7, 11) is 1.40. The number of halogens is 3. The highest BCUT2D eigenvalue weighted by Gasteiger charge is 2.59. The van der Waals surface area contributed by atoms with Crippen LogP contribution in [0.25, 0.3) is 11.1 Å². The van der Waals surface area contributed by atoms with Gasteiger partial charge in [-0.15, -0.1) is 0 Å². The highest BCUT2D eigenvalue weighted by atomic mass is 19.4. The molecule has 182 valence electrons. The molecule has 1 amide bonds. The standard InChI is InChI=1S/C26H22F3NO5/c1-15(23-18(16-7-4-3-5-8-16)9-6-10-19(23)24(32)33)25(34,26(27,28)29)17-11-12-21-20(13-17)30(2)22(31)14-35-21/h3-13,15,34H,14H2,1-2H3,(H,32,33). The lowest BCUT2D eigenvalue weighted by atomic mass is 9.74. The Morgan fingerprint density at radius 2 is 1.74 bits per heavy atom. The van der Waals surface area contributed by atoms with Crippen molar-refractivity contribution in [2.45, 2.75) is 24.6 Å². The molecule has 35 heavy (non-hydrogen) atoms. The second-order valence-corrected chi connectivity index (χ2v) is 8.35. The van der Waals surface area contributed by atoms with E-state index in [1.807, 2.05) is 0 Å². The second-order valence-electron chi connectivity index (χ2n) is 8.35. The van der Waals surface area contributed by atoms with E-state index in [1.54, 1.807) is 30.3 Å². The van der Waals surface area contributed by atoms with Gasteiger partial charge in [0.05, 0.1) is 11.3 Å². The molecule has 2 atom stereocenters. The van der Waals surface area contributed by atoms with Crippen molar-refractivity contribution in [1.29, 1.82) is 0 Å². The molecular weight excluding hydrogens is 463 g/mol. The molecule has 1 heterocycles. The quantitative estimate of drug-likeness (QED) is 0.534. The molecule has 4 rings (SSSR count). The Morgan fingerprint density at radius 3 is 2.37 bits per heavy atom. The van der Waals surface area contributed by atoms with E-state index in [4.69, 9.17) is 4.74 Å². The van der Waals surface area contributed by atoms with Crippen LogP contribution in [0.1, 0.15) is 34.3 Å². The Morgan fingerprint density at radius 1 is 1.06 bits per heavy atom. The minimum absolute atomic E-state index is 0.0726. The number of fused-ring (bicyclic) bond motifs is 1. The van der Waals surface area contributed by atoms with Gasteiger partial charge in [-0.05, 0) is 40.5 Å². The number of aliphatic hydroxyl groups is 1. The predicted octanol–water partition coefficient (Wildman–Crippen LogP) is 4.96. The summed E-state index contributed by atoms with van der Waals surface area (Å²) >= 11 is 0. The van der Waals surface area contributed by atoms with Crippen molar-refractivity contribution in [2.24, 2.45) is 0 Å². The van der Waals surface area contributed by atoms with Gasteiger partial charge in [-0.1, -0.05) is 55.5 Å². The van der Waals surface area contributed by atoms with Crippen molar-refractivity contribution in [3.63, 3.8) is 0 Å². The van der Waals surface area contributed by atoms with E-state index in [-0.39, 0.29) is 34.7 Å². The number of amides is 1. The third-order valence-electron chi connectivity index (χ3n) is 6.40. The summed E-state index contributed by atoms with van der Waals surface area (Å²) in [5, 5.41) is 21.2. The van der Waals surface area contributed by atoms with Crippen LogP contribution in [-0.4, -0.2) is 41.9 Å². The summed E-state index contributed by atoms with van der Waals surface area (Å²) in [6.45, 7) is 0.891. The fraction of sp³-hybridized carbons (Fsp3) is 0.231. The molecule has 0 saturated heterocycles. The maximum absolute atomic E-state index is 14.7. The molecule has 2 N–H and O–H groups in total. The van der Waals surface area contributed by atoms with E-state index in [0.29, 0.717) is 5.56 Å². The first-order valence-electron chi connectivity index (χ1n) is 10.7. The van der Waals surface area contributed by atoms with Crippen LogP contribution in [0.4, 0.5) is 18.9 Å². The van der Waals surface area contributed by atoms with Gasteiger partial charge in [-0.2, -0.15) is 13.2 Å². The molecule has 0 bridgehead atoms. The average Bonchev–Trinajstić information content (AvgIpc) is 2.84. The molecule has 0 fully saturated rings. The maximum atomic E-state index is 14.7. The van der Waals surface area contributed by atoms with E-state index < -0.39 is 35.1 Å². The number of hydrogen-bond acceptors (Lipinski definition) is 4. The van der Waals surface area contributed by atoms with Crippen LogP contribution in [-0.2, 0) is 10.4 Å². The first-order chi connectivity index (χ1) is 16.5. The SMILES string of the molecule is CC(c1c(C(=O)O)cccc1-c1ccccc1)C(O)(c1ccc2c(c1)N(C)C(=O)CO2)C(F)(F)F. The number of alkyl halides is 3. The lowest BCUT2D eigenvalue weighted by Crippen LogP contribution is -2.47.